The minimum absolute atomic E-state index is 0.00632. The van der Waals surface area contributed by atoms with Crippen molar-refractivity contribution in [3.05, 3.63) is 0 Å². The van der Waals surface area contributed by atoms with Gasteiger partial charge in [0, 0.05) is 60.7 Å². The number of piperidine rings is 2. The lowest BCUT2D eigenvalue weighted by Gasteiger charge is -2.52. The quantitative estimate of drug-likeness (QED) is 0.252. The van der Waals surface area contributed by atoms with Crippen molar-refractivity contribution >= 4 is 11.9 Å². The molecule has 2 aliphatic rings. The predicted molar refractivity (Wildman–Crippen MR) is 143 cm³/mol. The first-order valence-corrected chi connectivity index (χ1v) is 14.1. The second-order valence-corrected chi connectivity index (χ2v) is 13.7. The molecular weight excluding hydrogens is 456 g/mol. The molecule has 0 aromatic heterocycles. The van der Waals surface area contributed by atoms with Crippen LogP contribution in [-0.2, 0) is 23.9 Å². The van der Waals surface area contributed by atoms with E-state index in [1.165, 1.54) is 0 Å². The average Bonchev–Trinajstić information content (AvgIpc) is 2.65. The fraction of sp³-hybridized carbons (Fsp3) is 0.931. The van der Waals surface area contributed by atoms with E-state index < -0.39 is 0 Å². The third kappa shape index (κ3) is 9.94. The summed E-state index contributed by atoms with van der Waals surface area (Å²) in [6, 6.07) is 0. The molecule has 0 bridgehead atoms. The number of nitrogens with one attached hydrogen (secondary N) is 1. The van der Waals surface area contributed by atoms with Crippen LogP contribution in [0.2, 0.25) is 0 Å². The van der Waals surface area contributed by atoms with Gasteiger partial charge in [-0.1, -0.05) is 25.7 Å². The zero-order valence-corrected chi connectivity index (χ0v) is 24.6. The Morgan fingerprint density at radius 1 is 0.667 bits per heavy atom. The first-order chi connectivity index (χ1) is 16.6. The molecular formula is C29H54N2O5. The van der Waals surface area contributed by atoms with Gasteiger partial charge >= 0.3 is 11.9 Å². The van der Waals surface area contributed by atoms with Crippen LogP contribution < -0.4 is 5.32 Å². The molecule has 7 heteroatoms. The largest absolute Gasteiger partial charge is 0.462 e. The van der Waals surface area contributed by atoms with Crippen LogP contribution in [0.3, 0.4) is 0 Å². The molecule has 7 nitrogen and oxygen atoms in total. The van der Waals surface area contributed by atoms with Gasteiger partial charge in [0.05, 0.1) is 7.11 Å². The first-order valence-electron chi connectivity index (χ1n) is 14.1. The molecule has 36 heavy (non-hydrogen) atoms. The van der Waals surface area contributed by atoms with Crippen molar-refractivity contribution in [1.29, 1.82) is 0 Å². The van der Waals surface area contributed by atoms with Crippen LogP contribution in [0.1, 0.15) is 132 Å². The second kappa shape index (κ2) is 12.6. The number of nitrogens with zero attached hydrogens (tertiary/aromatic N) is 1. The number of rotatable bonds is 12. The summed E-state index contributed by atoms with van der Waals surface area (Å²) in [7, 11) is 1.71. The number of hydrogen-bond acceptors (Lipinski definition) is 7. The summed E-state index contributed by atoms with van der Waals surface area (Å²) in [4.78, 5) is 30.4. The topological polar surface area (TPSA) is 77.1 Å². The number of ether oxygens (including phenoxy) is 2. The van der Waals surface area contributed by atoms with Crippen LogP contribution in [0.5, 0.6) is 0 Å². The lowest BCUT2D eigenvalue weighted by atomic mass is 9.80. The summed E-state index contributed by atoms with van der Waals surface area (Å²) in [5, 5.41) is 5.65. The SMILES string of the molecule is CON1C(C)(C)CC(OC(=O)CCCCCCCCC(=O)OC2CC(C)(C)NC(C)(C)C2)CC1(C)C. The molecule has 2 fully saturated rings. The molecule has 0 saturated carbocycles. The van der Waals surface area contributed by atoms with Gasteiger partial charge in [-0.3, -0.25) is 9.59 Å². The summed E-state index contributed by atoms with van der Waals surface area (Å²) in [5.74, 6) is -0.164. The lowest BCUT2D eigenvalue weighted by molar-refractivity contribution is -0.278. The van der Waals surface area contributed by atoms with Crippen LogP contribution in [0.25, 0.3) is 0 Å². The summed E-state index contributed by atoms with van der Waals surface area (Å²) < 4.78 is 11.6. The van der Waals surface area contributed by atoms with Gasteiger partial charge in [-0.15, -0.1) is 0 Å². The van der Waals surface area contributed by atoms with E-state index in [1.807, 2.05) is 5.06 Å². The fourth-order valence-electron chi connectivity index (χ4n) is 6.80. The van der Waals surface area contributed by atoms with Crippen LogP contribution >= 0.6 is 0 Å². The van der Waals surface area contributed by atoms with Gasteiger partial charge in [0.2, 0.25) is 0 Å². The fourth-order valence-corrected chi connectivity index (χ4v) is 6.80. The summed E-state index contributed by atoms with van der Waals surface area (Å²) >= 11 is 0. The minimum Gasteiger partial charge on any atom is -0.462 e. The van der Waals surface area contributed by atoms with Gasteiger partial charge in [-0.2, -0.15) is 5.06 Å². The molecule has 2 saturated heterocycles. The average molecular weight is 511 g/mol. The highest BCUT2D eigenvalue weighted by Crippen LogP contribution is 2.39. The summed E-state index contributed by atoms with van der Waals surface area (Å²) in [5.41, 5.74) is -0.412. The first kappa shape index (κ1) is 31.0. The van der Waals surface area contributed by atoms with E-state index in [4.69, 9.17) is 14.3 Å². The maximum absolute atomic E-state index is 12.4. The van der Waals surface area contributed by atoms with Crippen molar-refractivity contribution in [3.63, 3.8) is 0 Å². The van der Waals surface area contributed by atoms with Crippen LogP contribution in [0.15, 0.2) is 0 Å². The van der Waals surface area contributed by atoms with E-state index in [0.717, 1.165) is 64.2 Å². The normalized spacial score (nSPS) is 23.8. The number of unbranched alkanes of at least 4 members (excludes halogenated alkanes) is 5. The Morgan fingerprint density at radius 2 is 1.03 bits per heavy atom. The van der Waals surface area contributed by atoms with E-state index in [1.54, 1.807) is 7.11 Å². The molecule has 2 heterocycles. The smallest absolute Gasteiger partial charge is 0.306 e. The molecule has 2 aliphatic heterocycles. The lowest BCUT2D eigenvalue weighted by Crippen LogP contribution is -2.61. The number of carbonyl (C=O) groups is 2. The predicted octanol–water partition coefficient (Wildman–Crippen LogP) is 6.09. The molecule has 0 radical (unpaired) electrons. The van der Waals surface area contributed by atoms with E-state index in [-0.39, 0.29) is 46.3 Å². The molecule has 1 N–H and O–H groups in total. The van der Waals surface area contributed by atoms with Crippen LogP contribution in [0.4, 0.5) is 0 Å². The maximum atomic E-state index is 12.4. The molecule has 0 amide bonds. The van der Waals surface area contributed by atoms with Crippen molar-refractivity contribution in [2.24, 2.45) is 0 Å². The Labute approximate surface area is 220 Å². The minimum atomic E-state index is -0.186. The highest BCUT2D eigenvalue weighted by molar-refractivity contribution is 5.69. The van der Waals surface area contributed by atoms with E-state index in [2.05, 4.69) is 60.7 Å². The molecule has 0 unspecified atom stereocenters. The third-order valence-corrected chi connectivity index (χ3v) is 7.50. The van der Waals surface area contributed by atoms with E-state index in [0.29, 0.717) is 12.8 Å². The second-order valence-electron chi connectivity index (χ2n) is 13.7. The molecule has 2 rings (SSSR count). The molecule has 0 aromatic rings. The van der Waals surface area contributed by atoms with Gasteiger partial charge in [-0.25, -0.2) is 0 Å². The molecule has 0 aliphatic carbocycles. The Balaban J connectivity index is 1.54. The Hall–Kier alpha value is -1.18. The molecule has 210 valence electrons. The van der Waals surface area contributed by atoms with Crippen molar-refractivity contribution in [3.8, 4) is 0 Å². The van der Waals surface area contributed by atoms with Gasteiger partial charge in [0.15, 0.2) is 0 Å². The molecule has 0 spiro atoms. The highest BCUT2D eigenvalue weighted by Gasteiger charge is 2.47. The van der Waals surface area contributed by atoms with Crippen molar-refractivity contribution in [2.45, 2.75) is 167 Å². The zero-order valence-electron chi connectivity index (χ0n) is 24.6. The number of hydrogen-bond donors (Lipinski definition) is 1. The number of hydroxylamine groups is 2. The van der Waals surface area contributed by atoms with Crippen molar-refractivity contribution < 1.29 is 23.9 Å². The van der Waals surface area contributed by atoms with Gasteiger partial charge in [0.1, 0.15) is 12.2 Å². The molecule has 0 atom stereocenters. The zero-order chi connectivity index (χ0) is 27.2. The maximum Gasteiger partial charge on any atom is 0.306 e. The third-order valence-electron chi connectivity index (χ3n) is 7.50. The standard InChI is InChI=1S/C29H54N2O5/c1-26(2)18-22(19-27(3,4)30-26)35-24(32)16-14-12-10-11-13-15-17-25(33)36-23-20-28(5,6)31(34-9)29(7,8)21-23/h22-23,30H,10-21H2,1-9H3. The van der Waals surface area contributed by atoms with E-state index in [9.17, 15) is 9.59 Å². The molecule has 0 aromatic carbocycles. The number of esters is 2. The van der Waals surface area contributed by atoms with Gasteiger partial charge < -0.3 is 19.6 Å². The van der Waals surface area contributed by atoms with E-state index >= 15 is 0 Å². The van der Waals surface area contributed by atoms with Crippen molar-refractivity contribution in [2.75, 3.05) is 7.11 Å². The summed E-state index contributed by atoms with van der Waals surface area (Å²) in [6.07, 6.45) is 10.0. The Morgan fingerprint density at radius 3 is 1.42 bits per heavy atom. The monoisotopic (exact) mass is 510 g/mol. The summed E-state index contributed by atoms with van der Waals surface area (Å²) in [6.45, 7) is 17.2. The van der Waals surface area contributed by atoms with Crippen molar-refractivity contribution in [1.82, 2.24) is 10.4 Å². The Bertz CT molecular complexity index is 697. The van der Waals surface area contributed by atoms with Crippen LogP contribution in [-0.4, -0.2) is 58.5 Å². The van der Waals surface area contributed by atoms with Gasteiger partial charge in [0.25, 0.3) is 0 Å². The van der Waals surface area contributed by atoms with Gasteiger partial charge in [-0.05, 0) is 68.2 Å². The highest BCUT2D eigenvalue weighted by atomic mass is 16.7. The Kier molecular flexibility index (Phi) is 10.8. The van der Waals surface area contributed by atoms with Crippen LogP contribution in [0, 0.1) is 0 Å². The number of carbonyl (C=O) groups excluding carboxylic acids is 2.